The maximum atomic E-state index is 11.6. The molecule has 0 spiro atoms. The zero-order valence-corrected chi connectivity index (χ0v) is 9.84. The number of hydrogen-bond donors (Lipinski definition) is 3. The third-order valence-corrected chi connectivity index (χ3v) is 2.50. The van der Waals surface area contributed by atoms with E-state index >= 15 is 0 Å². The summed E-state index contributed by atoms with van der Waals surface area (Å²) in [4.78, 5) is 24.3. The molecule has 1 rings (SSSR count). The fourth-order valence-electron chi connectivity index (χ4n) is 1.51. The first kappa shape index (κ1) is 12.9. The van der Waals surface area contributed by atoms with Gasteiger partial charge in [-0.25, -0.2) is 0 Å². The standard InChI is InChI=1S/C9H15N3O3S/c1-9(15)2-3-12(5-9)8(14)7(13)11-4-6(10)16/h15H,2-5H2,1H3,(H2,10,16)(H,11,13). The molecule has 1 unspecified atom stereocenters. The van der Waals surface area contributed by atoms with Crippen molar-refractivity contribution in [3.63, 3.8) is 0 Å². The van der Waals surface area contributed by atoms with Crippen molar-refractivity contribution in [1.29, 1.82) is 0 Å². The van der Waals surface area contributed by atoms with Crippen molar-refractivity contribution in [2.24, 2.45) is 5.73 Å². The highest BCUT2D eigenvalue weighted by Gasteiger charge is 2.36. The van der Waals surface area contributed by atoms with Gasteiger partial charge in [-0.3, -0.25) is 9.59 Å². The molecule has 1 aliphatic heterocycles. The van der Waals surface area contributed by atoms with Crippen molar-refractivity contribution in [2.75, 3.05) is 19.6 Å². The number of nitrogens with two attached hydrogens (primary N) is 1. The van der Waals surface area contributed by atoms with Crippen molar-refractivity contribution < 1.29 is 14.7 Å². The molecule has 16 heavy (non-hydrogen) atoms. The normalized spacial score (nSPS) is 24.2. The summed E-state index contributed by atoms with van der Waals surface area (Å²) in [7, 11) is 0. The van der Waals surface area contributed by atoms with Gasteiger partial charge in [-0.2, -0.15) is 0 Å². The average molecular weight is 245 g/mol. The van der Waals surface area contributed by atoms with Crippen LogP contribution in [0.15, 0.2) is 0 Å². The van der Waals surface area contributed by atoms with Gasteiger partial charge in [0.1, 0.15) is 0 Å². The molecule has 7 heteroatoms. The monoisotopic (exact) mass is 245 g/mol. The van der Waals surface area contributed by atoms with E-state index in [0.29, 0.717) is 13.0 Å². The fraction of sp³-hybridized carbons (Fsp3) is 0.667. The smallest absolute Gasteiger partial charge is 0.311 e. The first-order valence-corrected chi connectivity index (χ1v) is 5.30. The van der Waals surface area contributed by atoms with Crippen LogP contribution < -0.4 is 11.1 Å². The number of amides is 2. The Morgan fingerprint density at radius 2 is 2.25 bits per heavy atom. The summed E-state index contributed by atoms with van der Waals surface area (Å²) in [5.41, 5.74) is 4.29. The van der Waals surface area contributed by atoms with Gasteiger partial charge in [0.2, 0.25) is 0 Å². The molecule has 0 bridgehead atoms. The van der Waals surface area contributed by atoms with E-state index in [9.17, 15) is 14.7 Å². The van der Waals surface area contributed by atoms with Crippen LogP contribution in [-0.2, 0) is 9.59 Å². The molecule has 1 atom stereocenters. The fourth-order valence-corrected chi connectivity index (χ4v) is 1.58. The Morgan fingerprint density at radius 3 is 2.69 bits per heavy atom. The van der Waals surface area contributed by atoms with Crippen molar-refractivity contribution in [3.8, 4) is 0 Å². The van der Waals surface area contributed by atoms with Gasteiger partial charge in [0.25, 0.3) is 0 Å². The SMILES string of the molecule is CC1(O)CCN(C(=O)C(=O)NCC(N)=S)C1. The number of rotatable bonds is 2. The molecule has 1 saturated heterocycles. The minimum Gasteiger partial charge on any atom is -0.392 e. The van der Waals surface area contributed by atoms with Gasteiger partial charge in [-0.15, -0.1) is 0 Å². The van der Waals surface area contributed by atoms with Crippen LogP contribution in [0.3, 0.4) is 0 Å². The zero-order chi connectivity index (χ0) is 12.3. The van der Waals surface area contributed by atoms with Gasteiger partial charge in [0.05, 0.1) is 17.1 Å². The average Bonchev–Trinajstić information content (AvgIpc) is 2.54. The van der Waals surface area contributed by atoms with Crippen LogP contribution in [-0.4, -0.2) is 52.0 Å². The topological polar surface area (TPSA) is 95.7 Å². The van der Waals surface area contributed by atoms with Gasteiger partial charge in [-0.1, -0.05) is 12.2 Å². The van der Waals surface area contributed by atoms with Crippen LogP contribution in [0.2, 0.25) is 0 Å². The Labute approximate surface area is 98.8 Å². The molecule has 4 N–H and O–H groups in total. The van der Waals surface area contributed by atoms with Crippen LogP contribution in [0.5, 0.6) is 0 Å². The van der Waals surface area contributed by atoms with Crippen LogP contribution in [0, 0.1) is 0 Å². The molecule has 6 nitrogen and oxygen atoms in total. The number of aliphatic hydroxyl groups is 1. The Balaban J connectivity index is 2.46. The predicted octanol–water partition coefficient (Wildman–Crippen LogP) is -1.63. The Bertz CT molecular complexity index is 330. The zero-order valence-electron chi connectivity index (χ0n) is 9.02. The number of nitrogens with zero attached hydrogens (tertiary/aromatic N) is 1. The molecular formula is C9H15N3O3S. The Kier molecular flexibility index (Phi) is 3.82. The largest absolute Gasteiger partial charge is 0.392 e. The van der Waals surface area contributed by atoms with E-state index in [1.807, 2.05) is 0 Å². The summed E-state index contributed by atoms with van der Waals surface area (Å²) in [6.45, 7) is 2.19. The lowest BCUT2D eigenvalue weighted by Crippen LogP contribution is -2.45. The Morgan fingerprint density at radius 1 is 1.62 bits per heavy atom. The molecule has 0 aromatic heterocycles. The second kappa shape index (κ2) is 4.75. The number of likely N-dealkylation sites (tertiary alicyclic amines) is 1. The lowest BCUT2D eigenvalue weighted by atomic mass is 10.1. The molecule has 0 radical (unpaired) electrons. The van der Waals surface area contributed by atoms with Crippen molar-refractivity contribution >= 4 is 29.0 Å². The lowest BCUT2D eigenvalue weighted by molar-refractivity contribution is -0.145. The summed E-state index contributed by atoms with van der Waals surface area (Å²) >= 11 is 4.57. The molecule has 1 aliphatic rings. The third-order valence-electron chi connectivity index (χ3n) is 2.36. The van der Waals surface area contributed by atoms with Crippen molar-refractivity contribution in [1.82, 2.24) is 10.2 Å². The Hall–Kier alpha value is -1.21. The highest BCUT2D eigenvalue weighted by Crippen LogP contribution is 2.19. The number of nitrogens with one attached hydrogen (secondary N) is 1. The first-order chi connectivity index (χ1) is 7.32. The van der Waals surface area contributed by atoms with Crippen LogP contribution in [0.4, 0.5) is 0 Å². The van der Waals surface area contributed by atoms with Crippen molar-refractivity contribution in [2.45, 2.75) is 18.9 Å². The number of β-amino-alcohol motifs (C(OH)–C–C–N with tert-alkyl or cyclic N) is 1. The van der Waals surface area contributed by atoms with Gasteiger partial charge >= 0.3 is 11.8 Å². The van der Waals surface area contributed by atoms with E-state index in [1.165, 1.54) is 4.90 Å². The van der Waals surface area contributed by atoms with Gasteiger partial charge in [0.15, 0.2) is 0 Å². The highest BCUT2D eigenvalue weighted by atomic mass is 32.1. The molecule has 1 heterocycles. The van der Waals surface area contributed by atoms with E-state index in [1.54, 1.807) is 6.92 Å². The van der Waals surface area contributed by atoms with Gasteiger partial charge in [-0.05, 0) is 13.3 Å². The number of hydrogen-bond acceptors (Lipinski definition) is 4. The minimum atomic E-state index is -0.904. The maximum Gasteiger partial charge on any atom is 0.311 e. The molecule has 90 valence electrons. The van der Waals surface area contributed by atoms with Crippen LogP contribution in [0.25, 0.3) is 0 Å². The summed E-state index contributed by atoms with van der Waals surface area (Å²) < 4.78 is 0. The second-order valence-electron chi connectivity index (χ2n) is 4.12. The first-order valence-electron chi connectivity index (χ1n) is 4.89. The summed E-state index contributed by atoms with van der Waals surface area (Å²) in [6.07, 6.45) is 0.474. The van der Waals surface area contributed by atoms with Gasteiger partial charge < -0.3 is 21.1 Å². The summed E-state index contributed by atoms with van der Waals surface area (Å²) in [6, 6.07) is 0. The van der Waals surface area contributed by atoms with E-state index in [2.05, 4.69) is 17.5 Å². The molecule has 2 amide bonds. The van der Waals surface area contributed by atoms with E-state index in [0.717, 1.165) is 0 Å². The molecule has 1 fully saturated rings. The molecule has 0 saturated carbocycles. The van der Waals surface area contributed by atoms with E-state index in [4.69, 9.17) is 5.73 Å². The van der Waals surface area contributed by atoms with Crippen LogP contribution >= 0.6 is 12.2 Å². The molecule has 0 aromatic rings. The van der Waals surface area contributed by atoms with Crippen LogP contribution in [0.1, 0.15) is 13.3 Å². The maximum absolute atomic E-state index is 11.6. The van der Waals surface area contributed by atoms with E-state index < -0.39 is 17.4 Å². The number of thiocarbonyl (C=S) groups is 1. The minimum absolute atomic E-state index is 0.00411. The van der Waals surface area contributed by atoms with E-state index in [-0.39, 0.29) is 18.1 Å². The number of carbonyl (C=O) groups excluding carboxylic acids is 2. The quantitative estimate of drug-likeness (QED) is 0.401. The molecule has 0 aliphatic carbocycles. The van der Waals surface area contributed by atoms with Crippen molar-refractivity contribution in [3.05, 3.63) is 0 Å². The number of carbonyl (C=O) groups is 2. The predicted molar refractivity (Wildman–Crippen MR) is 61.6 cm³/mol. The molecular weight excluding hydrogens is 230 g/mol. The lowest BCUT2D eigenvalue weighted by Gasteiger charge is -2.18. The highest BCUT2D eigenvalue weighted by molar-refractivity contribution is 7.80. The third kappa shape index (κ3) is 3.42. The van der Waals surface area contributed by atoms with Gasteiger partial charge in [0, 0.05) is 13.1 Å². The summed E-state index contributed by atoms with van der Waals surface area (Å²) in [5, 5.41) is 12.0. The summed E-state index contributed by atoms with van der Waals surface area (Å²) in [5.74, 6) is -1.40. The molecule has 0 aromatic carbocycles. The second-order valence-corrected chi connectivity index (χ2v) is 4.65.